The summed E-state index contributed by atoms with van der Waals surface area (Å²) in [5, 5.41) is 10.7. The molecule has 5 saturated carbocycles. The molecule has 0 aromatic heterocycles. The lowest BCUT2D eigenvalue weighted by Gasteiger charge is -2.75. The van der Waals surface area contributed by atoms with Crippen molar-refractivity contribution in [3.05, 3.63) is 0 Å². The molecule has 10 atom stereocenters. The maximum Gasteiger partial charge on any atom is 0.0571 e. The van der Waals surface area contributed by atoms with Gasteiger partial charge in [-0.1, -0.05) is 55.4 Å². The quantitative estimate of drug-likeness (QED) is 0.412. The van der Waals surface area contributed by atoms with Crippen LogP contribution in [0.2, 0.25) is 0 Å². The van der Waals surface area contributed by atoms with Gasteiger partial charge in [-0.15, -0.1) is 0 Å². The van der Waals surface area contributed by atoms with Crippen molar-refractivity contribution < 1.29 is 5.11 Å². The topological polar surface area (TPSA) is 20.2 Å². The highest BCUT2D eigenvalue weighted by Crippen LogP contribution is 2.78. The van der Waals surface area contributed by atoms with Crippen molar-refractivity contribution in [3.8, 4) is 0 Å². The van der Waals surface area contributed by atoms with Crippen LogP contribution in [-0.2, 0) is 0 Å². The molecule has 0 spiro atoms. The second-order valence-electron chi connectivity index (χ2n) is 15.5. The van der Waals surface area contributed by atoms with E-state index in [0.29, 0.717) is 38.4 Å². The molecule has 5 fully saturated rings. The summed E-state index contributed by atoms with van der Waals surface area (Å²) in [4.78, 5) is 0. The van der Waals surface area contributed by atoms with Crippen molar-refractivity contribution >= 4 is 0 Å². The fourth-order valence-electron chi connectivity index (χ4n) is 11.4. The van der Waals surface area contributed by atoms with E-state index in [1.807, 2.05) is 0 Å². The van der Waals surface area contributed by atoms with E-state index in [9.17, 15) is 5.11 Å². The predicted octanol–water partition coefficient (Wildman–Crippen LogP) is 8.25. The van der Waals surface area contributed by atoms with Gasteiger partial charge in [-0.05, 0) is 127 Å². The Hall–Kier alpha value is -0.0400. The van der Waals surface area contributed by atoms with E-state index in [-0.39, 0.29) is 6.10 Å². The van der Waals surface area contributed by atoms with Gasteiger partial charge in [0.1, 0.15) is 0 Å². The number of fused-ring (bicyclic) bond motifs is 7. The molecule has 0 radical (unpaired) electrons. The Morgan fingerprint density at radius 1 is 0.581 bits per heavy atom. The van der Waals surface area contributed by atoms with E-state index in [1.54, 1.807) is 0 Å². The Kier molecular flexibility index (Phi) is 4.80. The minimum Gasteiger partial charge on any atom is -0.393 e. The molecule has 178 valence electrons. The Morgan fingerprint density at radius 3 is 1.90 bits per heavy atom. The van der Waals surface area contributed by atoms with E-state index in [4.69, 9.17) is 0 Å². The third-order valence-corrected chi connectivity index (χ3v) is 13.9. The summed E-state index contributed by atoms with van der Waals surface area (Å²) < 4.78 is 0. The van der Waals surface area contributed by atoms with Crippen LogP contribution in [0.4, 0.5) is 0 Å². The van der Waals surface area contributed by atoms with Gasteiger partial charge in [0.15, 0.2) is 0 Å². The number of aliphatic hydroxyl groups excluding tert-OH is 1. The van der Waals surface area contributed by atoms with Crippen LogP contribution in [0.3, 0.4) is 0 Å². The highest BCUT2D eigenvalue weighted by atomic mass is 16.3. The zero-order valence-electron chi connectivity index (χ0n) is 22.1. The molecule has 5 aliphatic carbocycles. The van der Waals surface area contributed by atoms with Crippen molar-refractivity contribution in [3.63, 3.8) is 0 Å². The maximum atomic E-state index is 10.7. The largest absolute Gasteiger partial charge is 0.393 e. The lowest BCUT2D eigenvalue weighted by Crippen LogP contribution is -2.67. The van der Waals surface area contributed by atoms with Crippen molar-refractivity contribution in [2.75, 3.05) is 0 Å². The third-order valence-electron chi connectivity index (χ3n) is 13.9. The molecular weight excluding hydrogens is 376 g/mol. The number of aliphatic hydroxyl groups is 1. The maximum absolute atomic E-state index is 10.7. The second-order valence-corrected chi connectivity index (χ2v) is 15.5. The van der Waals surface area contributed by atoms with E-state index < -0.39 is 0 Å². The van der Waals surface area contributed by atoms with Gasteiger partial charge in [0.05, 0.1) is 6.10 Å². The highest BCUT2D eigenvalue weighted by Gasteiger charge is 2.70. The van der Waals surface area contributed by atoms with Crippen LogP contribution in [0.15, 0.2) is 0 Å². The van der Waals surface area contributed by atoms with Crippen LogP contribution in [0.25, 0.3) is 0 Å². The van der Waals surface area contributed by atoms with E-state index in [1.165, 1.54) is 64.2 Å². The molecule has 1 N–H and O–H groups in total. The summed E-state index contributed by atoms with van der Waals surface area (Å²) >= 11 is 0. The van der Waals surface area contributed by atoms with Crippen LogP contribution in [0.5, 0.6) is 0 Å². The first-order valence-electron chi connectivity index (χ1n) is 13.9. The van der Waals surface area contributed by atoms with E-state index in [0.717, 1.165) is 24.2 Å². The summed E-state index contributed by atoms with van der Waals surface area (Å²) in [6, 6.07) is 0. The SMILES string of the molecule is C[C@H]1[C@@H](O)CC[C@@H]2[C@]1(C)CCC1[C@@]2(C)CC[C@@]2(C)[C@@H]3CC(C)(C)CC[C@]3(C)CC[C@]12C. The molecule has 5 aliphatic rings. The Balaban J connectivity index is 1.54. The molecule has 0 aromatic carbocycles. The van der Waals surface area contributed by atoms with Crippen molar-refractivity contribution in [1.29, 1.82) is 0 Å². The average molecular weight is 429 g/mol. The molecule has 1 unspecified atom stereocenters. The average Bonchev–Trinajstić information content (AvgIpc) is 2.69. The number of hydrogen-bond acceptors (Lipinski definition) is 1. The van der Waals surface area contributed by atoms with Gasteiger partial charge in [0.25, 0.3) is 0 Å². The lowest BCUT2D eigenvalue weighted by atomic mass is 9.30. The molecular formula is C30H52O. The first kappa shape index (κ1) is 22.7. The van der Waals surface area contributed by atoms with Gasteiger partial charge in [0.2, 0.25) is 0 Å². The molecule has 5 rings (SSSR count). The minimum atomic E-state index is -0.0781. The van der Waals surface area contributed by atoms with Crippen LogP contribution in [-0.4, -0.2) is 11.2 Å². The van der Waals surface area contributed by atoms with Crippen LogP contribution < -0.4 is 0 Å². The Morgan fingerprint density at radius 2 is 1.19 bits per heavy atom. The Labute approximate surface area is 193 Å². The summed E-state index contributed by atoms with van der Waals surface area (Å²) in [6.07, 6.45) is 15.1. The molecule has 31 heavy (non-hydrogen) atoms. The summed E-state index contributed by atoms with van der Waals surface area (Å²) in [6.45, 7) is 20.9. The molecule has 1 nitrogen and oxygen atoms in total. The first-order chi connectivity index (χ1) is 14.2. The highest BCUT2D eigenvalue weighted by molar-refractivity contribution is 5.19. The van der Waals surface area contributed by atoms with E-state index >= 15 is 0 Å². The zero-order chi connectivity index (χ0) is 22.7. The number of hydrogen-bond donors (Lipinski definition) is 1. The van der Waals surface area contributed by atoms with Gasteiger partial charge in [-0.2, -0.15) is 0 Å². The normalized spacial score (nSPS) is 60.9. The first-order valence-corrected chi connectivity index (χ1v) is 13.9. The Bertz CT molecular complexity index is 741. The standard InChI is InChI=1S/C30H52O/c1-20-21(31)9-10-22-27(20,5)12-11-23-28(22,6)16-18-30(8)24-19-25(2,3)13-14-26(24,4)15-17-29(23,30)7/h20-24,31H,9-19H2,1-8H3/t20-,21-,22+,23?,24+,26+,27+,28-,29+,30-/m0/s1. The van der Waals surface area contributed by atoms with E-state index in [2.05, 4.69) is 55.4 Å². The minimum absolute atomic E-state index is 0.0781. The van der Waals surface area contributed by atoms with Gasteiger partial charge in [0, 0.05) is 0 Å². The van der Waals surface area contributed by atoms with Crippen LogP contribution >= 0.6 is 0 Å². The van der Waals surface area contributed by atoms with Crippen LogP contribution in [0, 0.1) is 56.2 Å². The van der Waals surface area contributed by atoms with Gasteiger partial charge >= 0.3 is 0 Å². The number of rotatable bonds is 0. The third kappa shape index (κ3) is 2.77. The fourth-order valence-corrected chi connectivity index (χ4v) is 11.4. The summed E-state index contributed by atoms with van der Waals surface area (Å²) in [5.41, 5.74) is 2.88. The molecule has 0 aliphatic heterocycles. The smallest absolute Gasteiger partial charge is 0.0571 e. The van der Waals surface area contributed by atoms with Gasteiger partial charge in [-0.3, -0.25) is 0 Å². The molecule has 1 heteroatoms. The lowest BCUT2D eigenvalue weighted by molar-refractivity contribution is -0.263. The summed E-state index contributed by atoms with van der Waals surface area (Å²) in [5.74, 6) is 3.02. The summed E-state index contributed by atoms with van der Waals surface area (Å²) in [7, 11) is 0. The van der Waals surface area contributed by atoms with Gasteiger partial charge in [-0.25, -0.2) is 0 Å². The molecule has 0 saturated heterocycles. The zero-order valence-corrected chi connectivity index (χ0v) is 22.1. The predicted molar refractivity (Wildman–Crippen MR) is 131 cm³/mol. The van der Waals surface area contributed by atoms with Crippen molar-refractivity contribution in [2.45, 2.75) is 132 Å². The van der Waals surface area contributed by atoms with Crippen molar-refractivity contribution in [2.24, 2.45) is 56.2 Å². The van der Waals surface area contributed by atoms with Crippen LogP contribution in [0.1, 0.15) is 126 Å². The molecule has 0 heterocycles. The molecule has 0 amide bonds. The fraction of sp³-hybridized carbons (Fsp3) is 1.00. The van der Waals surface area contributed by atoms with Gasteiger partial charge < -0.3 is 5.11 Å². The molecule has 0 aromatic rings. The second kappa shape index (κ2) is 6.55. The molecule has 0 bridgehead atoms. The van der Waals surface area contributed by atoms with Crippen molar-refractivity contribution in [1.82, 2.24) is 0 Å². The monoisotopic (exact) mass is 428 g/mol.